The normalized spacial score (nSPS) is 45.3. The van der Waals surface area contributed by atoms with Crippen LogP contribution in [0.5, 0.6) is 0 Å². The Labute approximate surface area is 134 Å². The fraction of sp³-hybridized carbons (Fsp3) is 0.700. The van der Waals surface area contributed by atoms with E-state index < -0.39 is 12.2 Å². The monoisotopic (exact) mass is 302 g/mol. The predicted molar refractivity (Wildman–Crippen MR) is 90.4 cm³/mol. The third kappa shape index (κ3) is 2.32. The van der Waals surface area contributed by atoms with Crippen molar-refractivity contribution < 1.29 is 10.2 Å². The Morgan fingerprint density at radius 2 is 2.00 bits per heavy atom. The highest BCUT2D eigenvalue weighted by Gasteiger charge is 2.55. The van der Waals surface area contributed by atoms with Crippen LogP contribution in [0.4, 0.5) is 0 Å². The number of hydrogen-bond acceptors (Lipinski definition) is 2. The molecule has 3 rings (SSSR count). The number of allylic oxidation sites excluding steroid dienone is 3. The van der Waals surface area contributed by atoms with Gasteiger partial charge in [-0.15, -0.1) is 0 Å². The smallest absolute Gasteiger partial charge is 0.105 e. The molecule has 3 aliphatic carbocycles. The van der Waals surface area contributed by atoms with Crippen LogP contribution in [-0.2, 0) is 0 Å². The number of aliphatic hydroxyl groups is 2. The van der Waals surface area contributed by atoms with Gasteiger partial charge in [-0.05, 0) is 56.1 Å². The van der Waals surface area contributed by atoms with Gasteiger partial charge in [-0.25, -0.2) is 0 Å². The van der Waals surface area contributed by atoms with E-state index in [-0.39, 0.29) is 11.3 Å². The van der Waals surface area contributed by atoms with E-state index in [1.165, 1.54) is 24.0 Å². The summed E-state index contributed by atoms with van der Waals surface area (Å²) in [7, 11) is 0. The van der Waals surface area contributed by atoms with E-state index in [9.17, 15) is 10.2 Å². The minimum absolute atomic E-state index is 0.213. The second-order valence-corrected chi connectivity index (χ2v) is 8.05. The molecule has 2 saturated carbocycles. The molecule has 2 nitrogen and oxygen atoms in total. The lowest BCUT2D eigenvalue weighted by atomic mass is 9.61. The maximum atomic E-state index is 10.8. The molecule has 5 atom stereocenters. The second-order valence-electron chi connectivity index (χ2n) is 8.05. The first-order valence-corrected chi connectivity index (χ1v) is 8.80. The van der Waals surface area contributed by atoms with Crippen molar-refractivity contribution in [3.8, 4) is 0 Å². The molecule has 0 spiro atoms. The van der Waals surface area contributed by atoms with Gasteiger partial charge in [0.1, 0.15) is 6.10 Å². The van der Waals surface area contributed by atoms with Crippen LogP contribution in [0, 0.1) is 17.3 Å². The lowest BCUT2D eigenvalue weighted by molar-refractivity contribution is -0.0636. The molecule has 2 fully saturated rings. The summed E-state index contributed by atoms with van der Waals surface area (Å²) in [5, 5.41) is 21.4. The van der Waals surface area contributed by atoms with Crippen LogP contribution in [-0.4, -0.2) is 22.4 Å². The summed E-state index contributed by atoms with van der Waals surface area (Å²) >= 11 is 0. The van der Waals surface area contributed by atoms with Gasteiger partial charge in [-0.1, -0.05) is 44.1 Å². The first kappa shape index (κ1) is 16.0. The summed E-state index contributed by atoms with van der Waals surface area (Å²) in [6.45, 7) is 11.0. The van der Waals surface area contributed by atoms with Crippen LogP contribution < -0.4 is 0 Å². The molecule has 0 amide bonds. The summed E-state index contributed by atoms with van der Waals surface area (Å²) in [6.07, 6.45) is 7.27. The molecule has 0 unspecified atom stereocenters. The Bertz CT molecular complexity index is 542. The van der Waals surface area contributed by atoms with Gasteiger partial charge in [0.15, 0.2) is 0 Å². The standard InChI is InChI=1S/C20H30O2/c1-12-6-5-7-13(2)15-10-11-20(4)17(15)14(3)16(9-8-12)18(21)19(20)22/h9,12,17-19,21-22H,3,5-8,10-11H2,1-2,4H3/b15-13?,16-9+/t12-,17+,18+,19-,20-/m0/s1. The highest BCUT2D eigenvalue weighted by molar-refractivity contribution is 5.47. The van der Waals surface area contributed by atoms with Gasteiger partial charge < -0.3 is 10.2 Å². The molecule has 122 valence electrons. The van der Waals surface area contributed by atoms with Crippen molar-refractivity contribution in [3.05, 3.63) is 34.9 Å². The third-order valence-corrected chi connectivity index (χ3v) is 6.49. The van der Waals surface area contributed by atoms with Gasteiger partial charge in [0.25, 0.3) is 0 Å². The van der Waals surface area contributed by atoms with Gasteiger partial charge >= 0.3 is 0 Å². The molecule has 0 aromatic carbocycles. The maximum absolute atomic E-state index is 10.8. The first-order chi connectivity index (χ1) is 10.4. The second kappa shape index (κ2) is 5.65. The average molecular weight is 302 g/mol. The minimum Gasteiger partial charge on any atom is -0.389 e. The van der Waals surface area contributed by atoms with Crippen molar-refractivity contribution in [2.24, 2.45) is 17.3 Å². The van der Waals surface area contributed by atoms with Gasteiger partial charge in [0.05, 0.1) is 6.10 Å². The zero-order chi connectivity index (χ0) is 16.1. The maximum Gasteiger partial charge on any atom is 0.105 e. The van der Waals surface area contributed by atoms with Crippen molar-refractivity contribution in [1.82, 2.24) is 0 Å². The number of rotatable bonds is 0. The largest absolute Gasteiger partial charge is 0.389 e. The molecule has 0 heterocycles. The molecular weight excluding hydrogens is 272 g/mol. The van der Waals surface area contributed by atoms with Crippen molar-refractivity contribution in [2.75, 3.05) is 0 Å². The SMILES string of the molecule is C=C1/C2=C\C[C@@H](C)CCCC(C)=C3CC[C@@](C)([C@H]13)[C@@H](O)[C@@H]2O. The van der Waals surface area contributed by atoms with Crippen LogP contribution in [0.3, 0.4) is 0 Å². The zero-order valence-corrected chi connectivity index (χ0v) is 14.2. The topological polar surface area (TPSA) is 40.5 Å². The number of aliphatic hydroxyl groups excluding tert-OH is 2. The lowest BCUT2D eigenvalue weighted by Crippen LogP contribution is -2.50. The number of fused-ring (bicyclic) bond motifs is 1. The van der Waals surface area contributed by atoms with Crippen LogP contribution >= 0.6 is 0 Å². The van der Waals surface area contributed by atoms with Crippen LogP contribution in [0.15, 0.2) is 34.9 Å². The van der Waals surface area contributed by atoms with Crippen LogP contribution in [0.1, 0.15) is 59.3 Å². The molecule has 0 radical (unpaired) electrons. The molecular formula is C20H30O2. The molecule has 2 heteroatoms. The van der Waals surface area contributed by atoms with E-state index in [1.807, 2.05) is 0 Å². The van der Waals surface area contributed by atoms with Crippen molar-refractivity contribution in [3.63, 3.8) is 0 Å². The highest BCUT2D eigenvalue weighted by Crippen LogP contribution is 2.58. The molecule has 0 aromatic heterocycles. The molecule has 0 aromatic rings. The first-order valence-electron chi connectivity index (χ1n) is 8.80. The van der Waals surface area contributed by atoms with E-state index in [0.717, 1.165) is 36.8 Å². The Kier molecular flexibility index (Phi) is 4.11. The van der Waals surface area contributed by atoms with Gasteiger partial charge in [-0.2, -0.15) is 0 Å². The predicted octanol–water partition coefficient (Wildman–Crippen LogP) is 4.15. The number of hydrogen-bond donors (Lipinski definition) is 2. The third-order valence-electron chi connectivity index (χ3n) is 6.49. The highest BCUT2D eigenvalue weighted by atomic mass is 16.3. The summed E-state index contributed by atoms with van der Waals surface area (Å²) < 4.78 is 0. The Morgan fingerprint density at radius 3 is 2.73 bits per heavy atom. The summed E-state index contributed by atoms with van der Waals surface area (Å²) in [4.78, 5) is 0. The minimum atomic E-state index is -0.777. The molecule has 2 N–H and O–H groups in total. The molecule has 0 aliphatic heterocycles. The van der Waals surface area contributed by atoms with E-state index in [2.05, 4.69) is 33.4 Å². The Hall–Kier alpha value is -0.860. The molecule has 22 heavy (non-hydrogen) atoms. The van der Waals surface area contributed by atoms with E-state index in [1.54, 1.807) is 0 Å². The fourth-order valence-corrected chi connectivity index (χ4v) is 4.94. The van der Waals surface area contributed by atoms with E-state index >= 15 is 0 Å². The summed E-state index contributed by atoms with van der Waals surface area (Å²) in [5.41, 5.74) is 4.67. The molecule has 2 bridgehead atoms. The lowest BCUT2D eigenvalue weighted by Gasteiger charge is -2.46. The van der Waals surface area contributed by atoms with Crippen LogP contribution in [0.25, 0.3) is 0 Å². The van der Waals surface area contributed by atoms with Crippen LogP contribution in [0.2, 0.25) is 0 Å². The summed E-state index contributed by atoms with van der Waals surface area (Å²) in [6, 6.07) is 0. The van der Waals surface area contributed by atoms with Crippen molar-refractivity contribution in [1.29, 1.82) is 0 Å². The Morgan fingerprint density at radius 1 is 1.27 bits per heavy atom. The van der Waals surface area contributed by atoms with Crippen molar-refractivity contribution in [2.45, 2.75) is 71.5 Å². The van der Waals surface area contributed by atoms with Gasteiger partial charge in [0.2, 0.25) is 0 Å². The Balaban J connectivity index is 2.12. The van der Waals surface area contributed by atoms with E-state index in [0.29, 0.717) is 5.92 Å². The molecule has 0 saturated heterocycles. The zero-order valence-electron chi connectivity index (χ0n) is 14.2. The average Bonchev–Trinajstić information content (AvgIpc) is 2.83. The van der Waals surface area contributed by atoms with Crippen molar-refractivity contribution >= 4 is 0 Å². The van der Waals surface area contributed by atoms with Gasteiger partial charge in [0, 0.05) is 11.3 Å². The van der Waals surface area contributed by atoms with Gasteiger partial charge in [-0.3, -0.25) is 0 Å². The van der Waals surface area contributed by atoms with E-state index in [4.69, 9.17) is 0 Å². The quantitative estimate of drug-likeness (QED) is 0.660. The molecule has 3 aliphatic rings. The summed E-state index contributed by atoms with van der Waals surface area (Å²) in [5.74, 6) is 0.833. The fourth-order valence-electron chi connectivity index (χ4n) is 4.94.